The molecular weight excluding hydrogens is 320 g/mol. The van der Waals surface area contributed by atoms with E-state index >= 15 is 0 Å². The summed E-state index contributed by atoms with van der Waals surface area (Å²) >= 11 is 1.59. The number of amides is 1. The van der Waals surface area contributed by atoms with Gasteiger partial charge in [-0.1, -0.05) is 31.0 Å². The Kier molecular flexibility index (Phi) is 3.82. The first kappa shape index (κ1) is 15.9. The number of aliphatic imine (C=N–C) groups is 1. The van der Waals surface area contributed by atoms with E-state index in [4.69, 9.17) is 4.99 Å². The Morgan fingerprint density at radius 1 is 1.29 bits per heavy atom. The highest BCUT2D eigenvalue weighted by Gasteiger charge is 2.55. The molecule has 2 atom stereocenters. The molecular formula is C18H24N4OS. The fraction of sp³-hybridized carbons (Fsp3) is 0.611. The van der Waals surface area contributed by atoms with Crippen molar-refractivity contribution < 1.29 is 4.79 Å². The van der Waals surface area contributed by atoms with Crippen LogP contribution in [0.4, 0.5) is 5.69 Å². The molecule has 1 aliphatic carbocycles. The van der Waals surface area contributed by atoms with Gasteiger partial charge < -0.3 is 4.90 Å². The third kappa shape index (κ3) is 2.26. The minimum Gasteiger partial charge on any atom is -0.377 e. The number of anilines is 1. The van der Waals surface area contributed by atoms with Crippen LogP contribution >= 0.6 is 11.8 Å². The molecule has 1 saturated carbocycles. The van der Waals surface area contributed by atoms with Gasteiger partial charge in [-0.2, -0.15) is 0 Å². The Labute approximate surface area is 147 Å². The largest absolute Gasteiger partial charge is 0.377 e. The Morgan fingerprint density at radius 3 is 2.75 bits per heavy atom. The van der Waals surface area contributed by atoms with Crippen molar-refractivity contribution in [1.29, 1.82) is 0 Å². The highest BCUT2D eigenvalue weighted by Crippen LogP contribution is 2.57. The molecule has 0 saturated heterocycles. The molecule has 1 amide bonds. The summed E-state index contributed by atoms with van der Waals surface area (Å²) in [6.07, 6.45) is 9.53. The third-order valence-electron chi connectivity index (χ3n) is 5.48. The second kappa shape index (κ2) is 5.76. The van der Waals surface area contributed by atoms with Crippen LogP contribution in [0.25, 0.3) is 0 Å². The number of pyridine rings is 1. The lowest BCUT2D eigenvalue weighted by Crippen LogP contribution is -2.53. The minimum atomic E-state index is -0.576. The molecule has 0 bridgehead atoms. The number of nitrogens with zero attached hydrogens (tertiary/aromatic N) is 4. The van der Waals surface area contributed by atoms with Gasteiger partial charge in [0.2, 0.25) is 5.91 Å². The van der Waals surface area contributed by atoms with Crippen LogP contribution in [-0.4, -0.2) is 47.0 Å². The molecule has 6 heteroatoms. The average molecular weight is 344 g/mol. The van der Waals surface area contributed by atoms with Crippen molar-refractivity contribution in [3.8, 4) is 0 Å². The van der Waals surface area contributed by atoms with E-state index in [1.165, 1.54) is 19.3 Å². The maximum Gasteiger partial charge on any atom is 0.246 e. The summed E-state index contributed by atoms with van der Waals surface area (Å²) in [4.78, 5) is 26.7. The van der Waals surface area contributed by atoms with Crippen LogP contribution in [0.3, 0.4) is 0 Å². The topological polar surface area (TPSA) is 48.8 Å². The van der Waals surface area contributed by atoms with Crippen molar-refractivity contribution in [1.82, 2.24) is 9.88 Å². The van der Waals surface area contributed by atoms with Crippen LogP contribution in [0.15, 0.2) is 22.3 Å². The first-order valence-corrected chi connectivity index (χ1v) is 9.55. The van der Waals surface area contributed by atoms with E-state index in [-0.39, 0.29) is 11.9 Å². The van der Waals surface area contributed by atoms with Gasteiger partial charge in [-0.15, -0.1) is 0 Å². The van der Waals surface area contributed by atoms with Gasteiger partial charge in [0.1, 0.15) is 15.8 Å². The first-order valence-electron chi connectivity index (χ1n) is 8.73. The van der Waals surface area contributed by atoms with Crippen molar-refractivity contribution in [2.75, 3.05) is 19.0 Å². The van der Waals surface area contributed by atoms with Gasteiger partial charge >= 0.3 is 0 Å². The van der Waals surface area contributed by atoms with Crippen LogP contribution in [0.2, 0.25) is 0 Å². The molecule has 2 unspecified atom stereocenters. The molecule has 4 rings (SSSR count). The number of carbonyl (C=O) groups excluding carboxylic acids is 1. The summed E-state index contributed by atoms with van der Waals surface area (Å²) in [6.45, 7) is 2.04. The van der Waals surface area contributed by atoms with Crippen LogP contribution in [0.1, 0.15) is 50.6 Å². The number of hydrogen-bond donors (Lipinski definition) is 0. The summed E-state index contributed by atoms with van der Waals surface area (Å²) in [5.41, 5.74) is 2.21. The zero-order valence-electron chi connectivity index (χ0n) is 14.5. The highest BCUT2D eigenvalue weighted by molar-refractivity contribution is 8.01. The molecule has 3 heterocycles. The Morgan fingerprint density at radius 2 is 2.04 bits per heavy atom. The van der Waals surface area contributed by atoms with E-state index in [1.807, 2.05) is 44.5 Å². The highest BCUT2D eigenvalue weighted by atomic mass is 32.2. The Hall–Kier alpha value is -1.56. The van der Waals surface area contributed by atoms with Crippen molar-refractivity contribution in [2.45, 2.75) is 60.9 Å². The minimum absolute atomic E-state index is 0.143. The normalized spacial score (nSPS) is 29.5. The first-order chi connectivity index (χ1) is 11.5. The summed E-state index contributed by atoms with van der Waals surface area (Å²) in [5, 5.41) is 0.949. The maximum atomic E-state index is 13.4. The molecule has 1 aromatic heterocycles. The van der Waals surface area contributed by atoms with Crippen molar-refractivity contribution in [2.24, 2.45) is 4.99 Å². The molecule has 1 fully saturated rings. The van der Waals surface area contributed by atoms with E-state index in [2.05, 4.69) is 9.88 Å². The zero-order chi connectivity index (χ0) is 16.9. The van der Waals surface area contributed by atoms with Gasteiger partial charge in [0.25, 0.3) is 0 Å². The van der Waals surface area contributed by atoms with Gasteiger partial charge in [0.05, 0.1) is 6.34 Å². The molecule has 2 aliphatic heterocycles. The number of rotatable bonds is 2. The molecule has 0 N–H and O–H groups in total. The van der Waals surface area contributed by atoms with Gasteiger partial charge in [-0.05, 0) is 25.8 Å². The standard InChI is InChI=1S/C18H24N4OS/c1-18-15(14-13(21(2)3)9-10-19-16(14)24-18)20-11-22(17(18)23)12-7-5-4-6-8-12/h9-12,15H,4-8H2,1-3H3. The zero-order valence-corrected chi connectivity index (χ0v) is 15.3. The van der Waals surface area contributed by atoms with Gasteiger partial charge in [0.15, 0.2) is 0 Å². The number of thioether (sulfide) groups is 1. The molecule has 128 valence electrons. The molecule has 24 heavy (non-hydrogen) atoms. The molecule has 0 aromatic carbocycles. The van der Waals surface area contributed by atoms with E-state index in [0.29, 0.717) is 6.04 Å². The second-order valence-corrected chi connectivity index (χ2v) is 8.76. The molecule has 0 spiro atoms. The van der Waals surface area contributed by atoms with Crippen molar-refractivity contribution in [3.05, 3.63) is 17.8 Å². The number of hydrogen-bond acceptors (Lipinski definition) is 5. The molecule has 3 aliphatic rings. The van der Waals surface area contributed by atoms with E-state index in [1.54, 1.807) is 11.8 Å². The average Bonchev–Trinajstić information content (AvgIpc) is 2.89. The SMILES string of the molecule is CN(C)c1ccnc2c1C1N=CN(C3CCCCC3)C(=O)C1(C)S2. The van der Waals surface area contributed by atoms with Crippen LogP contribution in [-0.2, 0) is 4.79 Å². The Balaban J connectivity index is 1.73. The molecule has 1 aromatic rings. The van der Waals surface area contributed by atoms with Crippen LogP contribution in [0, 0.1) is 0 Å². The fourth-order valence-corrected chi connectivity index (χ4v) is 5.47. The summed E-state index contributed by atoms with van der Waals surface area (Å²) in [6, 6.07) is 2.19. The number of fused-ring (bicyclic) bond motifs is 3. The van der Waals surface area contributed by atoms with Gasteiger partial charge in [-0.3, -0.25) is 14.7 Å². The van der Waals surface area contributed by atoms with Crippen molar-refractivity contribution in [3.63, 3.8) is 0 Å². The third-order valence-corrected chi connectivity index (χ3v) is 6.82. The maximum absolute atomic E-state index is 13.4. The lowest BCUT2D eigenvalue weighted by molar-refractivity contribution is -0.132. The number of aromatic nitrogens is 1. The lowest BCUT2D eigenvalue weighted by atomic mass is 9.89. The predicted molar refractivity (Wildman–Crippen MR) is 97.8 cm³/mol. The quantitative estimate of drug-likeness (QED) is 0.826. The summed E-state index contributed by atoms with van der Waals surface area (Å²) < 4.78 is -0.576. The summed E-state index contributed by atoms with van der Waals surface area (Å²) in [7, 11) is 4.05. The second-order valence-electron chi connectivity index (χ2n) is 7.32. The van der Waals surface area contributed by atoms with E-state index < -0.39 is 4.75 Å². The van der Waals surface area contributed by atoms with Gasteiger partial charge in [-0.25, -0.2) is 4.98 Å². The summed E-state index contributed by atoms with van der Waals surface area (Å²) in [5.74, 6) is 0.196. The smallest absolute Gasteiger partial charge is 0.246 e. The molecule has 0 radical (unpaired) electrons. The predicted octanol–water partition coefficient (Wildman–Crippen LogP) is 3.26. The monoisotopic (exact) mass is 344 g/mol. The fourth-order valence-electron chi connectivity index (χ4n) is 4.15. The Bertz CT molecular complexity index is 698. The van der Waals surface area contributed by atoms with E-state index in [9.17, 15) is 4.79 Å². The van der Waals surface area contributed by atoms with Crippen molar-refractivity contribution >= 4 is 29.7 Å². The van der Waals surface area contributed by atoms with Crippen LogP contribution in [0.5, 0.6) is 0 Å². The lowest BCUT2D eigenvalue weighted by Gasteiger charge is -2.40. The molecule has 5 nitrogen and oxygen atoms in total. The van der Waals surface area contributed by atoms with Crippen LogP contribution < -0.4 is 4.90 Å². The number of carbonyl (C=O) groups is 1. The van der Waals surface area contributed by atoms with E-state index in [0.717, 1.165) is 29.1 Å². The van der Waals surface area contributed by atoms with Gasteiger partial charge in [0, 0.05) is 37.6 Å².